The largest absolute Gasteiger partial charge is 0.229 e. The quantitative estimate of drug-likeness (QED) is 0.522. The minimum Gasteiger partial charge on any atom is -0.217 e. The second-order valence-corrected chi connectivity index (χ2v) is 7.09. The number of halogens is 1. The van der Waals surface area contributed by atoms with Crippen LogP contribution in [0.2, 0.25) is 5.15 Å². The molecular formula is C15H9ClN4O2S. The van der Waals surface area contributed by atoms with Crippen LogP contribution in [0.25, 0.3) is 16.6 Å². The van der Waals surface area contributed by atoms with E-state index in [2.05, 4.69) is 15.3 Å². The molecule has 114 valence electrons. The first-order valence-corrected chi connectivity index (χ1v) is 8.55. The van der Waals surface area contributed by atoms with Gasteiger partial charge in [-0.05, 0) is 24.3 Å². The molecule has 0 saturated heterocycles. The lowest BCUT2D eigenvalue weighted by molar-refractivity contribution is 0.592. The van der Waals surface area contributed by atoms with E-state index in [1.165, 1.54) is 16.6 Å². The van der Waals surface area contributed by atoms with Crippen LogP contribution in [0.5, 0.6) is 0 Å². The second-order valence-electron chi connectivity index (χ2n) is 4.87. The van der Waals surface area contributed by atoms with Crippen LogP contribution < -0.4 is 0 Å². The van der Waals surface area contributed by atoms with Gasteiger partial charge in [0.25, 0.3) is 0 Å². The Bertz CT molecular complexity index is 1140. The molecular weight excluding hydrogens is 336 g/mol. The minimum absolute atomic E-state index is 0.109. The Kier molecular flexibility index (Phi) is 3.07. The highest BCUT2D eigenvalue weighted by molar-refractivity contribution is 7.91. The highest BCUT2D eigenvalue weighted by Crippen LogP contribution is 2.27. The Morgan fingerprint density at radius 2 is 1.65 bits per heavy atom. The molecule has 0 N–H and O–H groups in total. The molecule has 0 aliphatic heterocycles. The molecule has 0 aliphatic rings. The van der Waals surface area contributed by atoms with Crippen LogP contribution in [0, 0.1) is 0 Å². The summed E-state index contributed by atoms with van der Waals surface area (Å²) in [5, 5.41) is 8.46. The summed E-state index contributed by atoms with van der Waals surface area (Å²) < 4.78 is 26.9. The highest BCUT2D eigenvalue weighted by Gasteiger charge is 2.26. The molecule has 0 spiro atoms. The zero-order valence-electron chi connectivity index (χ0n) is 11.6. The van der Waals surface area contributed by atoms with Crippen molar-refractivity contribution in [2.24, 2.45) is 0 Å². The van der Waals surface area contributed by atoms with Gasteiger partial charge in [-0.15, -0.1) is 5.10 Å². The first-order chi connectivity index (χ1) is 11.1. The molecule has 0 saturated carbocycles. The third-order valence-corrected chi connectivity index (χ3v) is 5.44. The summed E-state index contributed by atoms with van der Waals surface area (Å²) in [7, 11) is -3.82. The van der Waals surface area contributed by atoms with E-state index in [-0.39, 0.29) is 20.7 Å². The first kappa shape index (κ1) is 14.1. The van der Waals surface area contributed by atoms with Crippen molar-refractivity contribution in [3.8, 4) is 0 Å². The molecule has 0 aliphatic carbocycles. The number of hydrogen-bond donors (Lipinski definition) is 0. The van der Waals surface area contributed by atoms with Gasteiger partial charge < -0.3 is 0 Å². The van der Waals surface area contributed by atoms with Gasteiger partial charge in [-0.2, -0.15) is 4.52 Å². The van der Waals surface area contributed by atoms with Crippen LogP contribution in [-0.2, 0) is 9.84 Å². The summed E-state index contributed by atoms with van der Waals surface area (Å²) in [5.74, 6) is 0. The van der Waals surface area contributed by atoms with Crippen LogP contribution in [-0.4, -0.2) is 28.2 Å². The molecule has 6 nitrogen and oxygen atoms in total. The van der Waals surface area contributed by atoms with E-state index in [1.54, 1.807) is 30.3 Å². The van der Waals surface area contributed by atoms with Crippen LogP contribution in [0.4, 0.5) is 0 Å². The molecule has 0 bridgehead atoms. The predicted octanol–water partition coefficient (Wildman–Crippen LogP) is 2.76. The Hall–Kier alpha value is -2.51. The van der Waals surface area contributed by atoms with Crippen molar-refractivity contribution < 1.29 is 8.42 Å². The molecule has 0 amide bonds. The summed E-state index contributed by atoms with van der Waals surface area (Å²) in [6.07, 6.45) is 0. The number of nitrogens with zero attached hydrogens (tertiary/aromatic N) is 4. The van der Waals surface area contributed by atoms with Crippen molar-refractivity contribution in [3.63, 3.8) is 0 Å². The van der Waals surface area contributed by atoms with Gasteiger partial charge >= 0.3 is 0 Å². The number of sulfone groups is 1. The normalized spacial score (nSPS) is 12.0. The van der Waals surface area contributed by atoms with Crippen LogP contribution in [0.3, 0.4) is 0 Å². The van der Waals surface area contributed by atoms with Crippen molar-refractivity contribution in [2.45, 2.75) is 9.92 Å². The van der Waals surface area contributed by atoms with E-state index in [1.807, 2.05) is 12.1 Å². The number of hydrogen-bond acceptors (Lipinski definition) is 5. The average molecular weight is 345 g/mol. The van der Waals surface area contributed by atoms with Gasteiger partial charge in [0.05, 0.1) is 10.4 Å². The van der Waals surface area contributed by atoms with Crippen molar-refractivity contribution >= 4 is 38.0 Å². The molecule has 2 heterocycles. The maximum absolute atomic E-state index is 12.8. The van der Waals surface area contributed by atoms with Crippen molar-refractivity contribution in [1.29, 1.82) is 0 Å². The lowest BCUT2D eigenvalue weighted by Gasteiger charge is -2.03. The van der Waals surface area contributed by atoms with Crippen LogP contribution in [0.1, 0.15) is 0 Å². The lowest BCUT2D eigenvalue weighted by Crippen LogP contribution is -2.04. The van der Waals surface area contributed by atoms with Gasteiger partial charge in [-0.25, -0.2) is 13.4 Å². The Balaban J connectivity index is 2.07. The van der Waals surface area contributed by atoms with Crippen molar-refractivity contribution in [3.05, 3.63) is 59.8 Å². The molecule has 23 heavy (non-hydrogen) atoms. The fraction of sp³-hybridized carbons (Fsp3) is 0. The topological polar surface area (TPSA) is 77.2 Å². The van der Waals surface area contributed by atoms with Crippen LogP contribution >= 0.6 is 11.6 Å². The third-order valence-electron chi connectivity index (χ3n) is 3.48. The average Bonchev–Trinajstić information content (AvgIpc) is 3.00. The number of para-hydroxylation sites is 1. The molecule has 4 rings (SSSR count). The predicted molar refractivity (Wildman–Crippen MR) is 85.2 cm³/mol. The number of aromatic nitrogens is 4. The Morgan fingerprint density at radius 3 is 2.43 bits per heavy atom. The maximum atomic E-state index is 12.8. The summed E-state index contributed by atoms with van der Waals surface area (Å²) in [4.78, 5) is 4.31. The highest BCUT2D eigenvalue weighted by atomic mass is 35.5. The fourth-order valence-electron chi connectivity index (χ4n) is 2.39. The third kappa shape index (κ3) is 2.08. The number of rotatable bonds is 2. The van der Waals surface area contributed by atoms with Gasteiger partial charge in [0.1, 0.15) is 5.15 Å². The molecule has 8 heteroatoms. The van der Waals surface area contributed by atoms with E-state index >= 15 is 0 Å². The van der Waals surface area contributed by atoms with E-state index in [9.17, 15) is 8.42 Å². The molecule has 2 aromatic carbocycles. The smallest absolute Gasteiger partial charge is 0.217 e. The monoisotopic (exact) mass is 344 g/mol. The molecule has 0 fully saturated rings. The Labute approximate surface area is 136 Å². The van der Waals surface area contributed by atoms with Crippen molar-refractivity contribution in [1.82, 2.24) is 19.8 Å². The minimum atomic E-state index is -3.82. The Morgan fingerprint density at radius 1 is 0.957 bits per heavy atom. The van der Waals surface area contributed by atoms with Gasteiger partial charge in [0.2, 0.25) is 14.9 Å². The maximum Gasteiger partial charge on any atom is 0.229 e. The first-order valence-electron chi connectivity index (χ1n) is 6.69. The number of fused-ring (bicyclic) bond motifs is 3. The van der Waals surface area contributed by atoms with E-state index in [0.717, 1.165) is 0 Å². The van der Waals surface area contributed by atoms with Gasteiger partial charge in [0, 0.05) is 5.39 Å². The summed E-state index contributed by atoms with van der Waals surface area (Å²) in [6.45, 7) is 0. The van der Waals surface area contributed by atoms with Gasteiger partial charge in [0.15, 0.2) is 5.65 Å². The second kappa shape index (κ2) is 5.00. The zero-order chi connectivity index (χ0) is 16.0. The van der Waals surface area contributed by atoms with E-state index in [4.69, 9.17) is 11.6 Å². The molecule has 2 aromatic heterocycles. The van der Waals surface area contributed by atoms with Crippen molar-refractivity contribution in [2.75, 3.05) is 0 Å². The molecule has 0 unspecified atom stereocenters. The summed E-state index contributed by atoms with van der Waals surface area (Å²) >= 11 is 6.19. The van der Waals surface area contributed by atoms with Gasteiger partial charge in [-0.3, -0.25) is 0 Å². The fourth-order valence-corrected chi connectivity index (χ4v) is 3.89. The van der Waals surface area contributed by atoms with E-state index in [0.29, 0.717) is 10.9 Å². The van der Waals surface area contributed by atoms with Gasteiger partial charge in [-0.1, -0.05) is 47.1 Å². The number of benzene rings is 2. The SMILES string of the molecule is O=S(=O)(c1ccccc1)c1nnn2c1nc(Cl)c1ccccc12. The van der Waals surface area contributed by atoms with E-state index < -0.39 is 9.84 Å². The molecule has 4 aromatic rings. The summed E-state index contributed by atoms with van der Waals surface area (Å²) in [5.41, 5.74) is 0.752. The lowest BCUT2D eigenvalue weighted by atomic mass is 10.2. The zero-order valence-corrected chi connectivity index (χ0v) is 13.2. The summed E-state index contributed by atoms with van der Waals surface area (Å²) in [6, 6.07) is 15.2. The molecule has 0 atom stereocenters. The standard InChI is InChI=1S/C15H9ClN4O2S/c16-13-11-8-4-5-9-12(11)20-14(17-13)15(18-19-20)23(21,22)10-6-2-1-3-7-10/h1-9H. The molecule has 0 radical (unpaired) electrons. The van der Waals surface area contributed by atoms with Crippen LogP contribution in [0.15, 0.2) is 64.5 Å².